The van der Waals surface area contributed by atoms with Crippen LogP contribution in [0.3, 0.4) is 0 Å². The van der Waals surface area contributed by atoms with Crippen LogP contribution < -0.4 is 91.6 Å². The number of carboxylic acid groups (broad SMARTS) is 1. The van der Waals surface area contributed by atoms with Gasteiger partial charge in [-0.3, -0.25) is 91.3 Å². The average Bonchev–Trinajstić information content (AvgIpc) is 1.63. The molecule has 0 aromatic heterocycles. The van der Waals surface area contributed by atoms with Gasteiger partial charge in [0.25, 0.3) is 0 Å². The molecule has 0 aliphatic carbocycles. The van der Waals surface area contributed by atoms with Gasteiger partial charge in [-0.25, -0.2) is 0 Å². The molecule has 0 spiro atoms. The third-order valence-electron chi connectivity index (χ3n) is 21.4. The van der Waals surface area contributed by atoms with Crippen molar-refractivity contribution in [2.24, 2.45) is 51.8 Å². The van der Waals surface area contributed by atoms with Crippen LogP contribution in [0.4, 0.5) is 0 Å². The molecule has 696 valence electrons. The Hall–Kier alpha value is -11.2. The molecular formula is C84H128N20O20S2. The van der Waals surface area contributed by atoms with Crippen molar-refractivity contribution >= 4 is 136 Å². The van der Waals surface area contributed by atoms with Gasteiger partial charge < -0.3 is 112 Å². The van der Waals surface area contributed by atoms with Crippen molar-refractivity contribution in [3.8, 4) is 0 Å². The number of aliphatic carboxylic acids is 1. The maximum atomic E-state index is 15.1. The lowest BCUT2D eigenvalue weighted by molar-refractivity contribution is -0.149. The van der Waals surface area contributed by atoms with Crippen molar-refractivity contribution in [1.29, 1.82) is 0 Å². The number of hydrogen-bond donors (Lipinski definition) is 19. The van der Waals surface area contributed by atoms with E-state index in [0.717, 1.165) is 30.4 Å². The van der Waals surface area contributed by atoms with Gasteiger partial charge in [-0.05, 0) is 105 Å². The van der Waals surface area contributed by atoms with E-state index in [4.69, 9.17) is 17.2 Å². The smallest absolute Gasteiger partial charge is 0.305 e. The Morgan fingerprint density at radius 2 is 0.897 bits per heavy atom. The lowest BCUT2D eigenvalue weighted by Gasteiger charge is -2.34. The lowest BCUT2D eigenvalue weighted by Crippen LogP contribution is -2.62. The van der Waals surface area contributed by atoms with Gasteiger partial charge in [0, 0.05) is 75.0 Å². The minimum atomic E-state index is -1.91. The molecule has 40 nitrogen and oxygen atoms in total. The number of rotatable bonds is 18. The second kappa shape index (κ2) is 50.8. The van der Waals surface area contributed by atoms with E-state index >= 15 is 14.4 Å². The highest BCUT2D eigenvalue weighted by molar-refractivity contribution is 7.98. The van der Waals surface area contributed by atoms with Gasteiger partial charge in [0.15, 0.2) is 5.96 Å². The number of primary amides is 1. The fraction of sp³-hybridized carbons (Fsp3) is 0.631. The molecule has 4 aliphatic heterocycles. The Morgan fingerprint density at radius 3 is 1.44 bits per heavy atom. The standard InChI is InChI=1S/C84H128N20O20S2/c1-43(2)33-53-72(113)92-54(34-44(3)4)75(116)100-67(46(7)8)79(120)96-55(36-49-19-13-12-14-20-49)70(111)89-30-26-63(107)88-29-27-64(108)99-66(45(5)6)80(121)102-69(48(11)105)81(122)91-52(23-16-28-90-84(86)87)71(112)94-56(37-62(85)106)73(114)98-59-42-126-40-51-22-15-21-50(35-51)39-125-41-58(76(117)93-53)97-74(115)57(38-65(109)110)95-78(119)60-24-17-31-103(60)82(123)61-25-18-32-104(61)83(124)68(47(9)10)101-77(59)118/h12-15,19-22,35,43-48,52-61,66-69,105H,16-18,23-34,36-42H2,1-11H3,(H2,85,106)(H,88,107)(H,89,111)(H,91,122)(H,92,113)(H,93,117)(H,94,112)(H,95,119)(H,96,120)(H,97,115)(H,98,114)(H,99,108)(H,100,116)(H,101,118)(H,102,121)(H,109,110)(H4,86,87,90)/t48-,52+,53+,54+,55+,56+,57+,58+,59+,60+,61+,66+,67+,68+,69+/m1/s1. The number of carbonyl (C=O) groups excluding carboxylic acids is 17. The van der Waals surface area contributed by atoms with Crippen LogP contribution in [0.2, 0.25) is 0 Å². The van der Waals surface area contributed by atoms with Crippen LogP contribution in [-0.2, 0) is 104 Å². The number of fused-ring (bicyclic) bond motifs is 8. The zero-order valence-electron chi connectivity index (χ0n) is 73.4. The summed E-state index contributed by atoms with van der Waals surface area (Å²) in [4.78, 5) is 266. The third-order valence-corrected chi connectivity index (χ3v) is 23.6. The summed E-state index contributed by atoms with van der Waals surface area (Å²) in [7, 11) is 0. The molecule has 2 fully saturated rings. The Labute approximate surface area is 742 Å². The summed E-state index contributed by atoms with van der Waals surface area (Å²) in [5.74, 6) is -20.3. The van der Waals surface area contributed by atoms with Gasteiger partial charge in [-0.15, -0.1) is 0 Å². The van der Waals surface area contributed by atoms with E-state index in [9.17, 15) is 82.1 Å². The molecule has 6 rings (SSSR count). The van der Waals surface area contributed by atoms with Crippen LogP contribution in [0.1, 0.15) is 170 Å². The molecule has 4 bridgehead atoms. The van der Waals surface area contributed by atoms with Crippen LogP contribution in [0.25, 0.3) is 0 Å². The van der Waals surface area contributed by atoms with Crippen LogP contribution in [0, 0.1) is 29.6 Å². The first-order valence-corrected chi connectivity index (χ1v) is 45.1. The first kappa shape index (κ1) is 104. The fourth-order valence-corrected chi connectivity index (χ4v) is 16.7. The van der Waals surface area contributed by atoms with Crippen molar-refractivity contribution in [2.45, 2.75) is 262 Å². The summed E-state index contributed by atoms with van der Waals surface area (Å²) in [6.45, 7) is 17.2. The average molecular weight is 1800 g/mol. The van der Waals surface area contributed by atoms with E-state index in [2.05, 4.69) is 79.4 Å². The zero-order valence-corrected chi connectivity index (χ0v) is 75.1. The predicted molar refractivity (Wildman–Crippen MR) is 468 cm³/mol. The maximum Gasteiger partial charge on any atom is 0.305 e. The zero-order chi connectivity index (χ0) is 93.3. The number of nitrogens with one attached hydrogen (secondary N) is 14. The van der Waals surface area contributed by atoms with E-state index in [1.54, 1.807) is 124 Å². The fourth-order valence-electron chi connectivity index (χ4n) is 14.7. The first-order chi connectivity index (χ1) is 59.5. The number of benzene rings is 2. The maximum absolute atomic E-state index is 15.1. The van der Waals surface area contributed by atoms with Crippen LogP contribution in [0.15, 0.2) is 59.6 Å². The number of thioether (sulfide) groups is 2. The molecule has 2 aromatic carbocycles. The number of carbonyl (C=O) groups is 18. The summed E-state index contributed by atoms with van der Waals surface area (Å²) >= 11 is 2.24. The van der Waals surface area contributed by atoms with E-state index < -0.39 is 234 Å². The Bertz CT molecular complexity index is 4210. The minimum absolute atomic E-state index is 0.00169. The van der Waals surface area contributed by atoms with Crippen molar-refractivity contribution in [3.63, 3.8) is 0 Å². The Morgan fingerprint density at radius 1 is 0.452 bits per heavy atom. The second-order valence-electron chi connectivity index (χ2n) is 34.0. The Kier molecular flexibility index (Phi) is 41.8. The summed E-state index contributed by atoms with van der Waals surface area (Å²) in [6, 6.07) is -5.63. The van der Waals surface area contributed by atoms with Crippen molar-refractivity contribution < 1.29 is 96.5 Å². The predicted octanol–water partition coefficient (Wildman–Crippen LogP) is -2.92. The summed E-state index contributed by atoms with van der Waals surface area (Å²) in [5.41, 5.74) is 18.8. The topological polar surface area (TPSA) is 613 Å². The van der Waals surface area contributed by atoms with E-state index in [-0.39, 0.29) is 138 Å². The molecule has 42 heteroatoms. The Balaban J connectivity index is 1.46. The number of guanidine groups is 1. The lowest BCUT2D eigenvalue weighted by atomic mass is 9.98. The normalized spacial score (nSPS) is 26.4. The molecule has 2 aromatic rings. The summed E-state index contributed by atoms with van der Waals surface area (Å²) in [6.07, 6.45) is -4.15. The highest BCUT2D eigenvalue weighted by Crippen LogP contribution is 2.28. The molecule has 0 radical (unpaired) electrons. The number of carboxylic acids is 1. The monoisotopic (exact) mass is 1800 g/mol. The van der Waals surface area contributed by atoms with Crippen molar-refractivity contribution in [3.05, 3.63) is 71.3 Å². The first-order valence-electron chi connectivity index (χ1n) is 42.8. The summed E-state index contributed by atoms with van der Waals surface area (Å²) in [5, 5.41) is 58.2. The molecule has 0 saturated carbocycles. The SMILES string of the molecule is CC(C)C[C@@H]1NC(=O)[C@@H]2CSCc3cccc(c3)CSC[C@H](NC(=O)[C@H](CC(N)=O)NC(=O)[C@H](CCCN=C(N)N)NC(=O)[C@H]([C@@H](C)O)NC(=O)[C@H](C(C)C)NC(=O)CCNC(=O)CCNC(=O)[C@H](Cc3ccccc3)NC(=O)[C@H](C(C)C)NC(=O)[C@H](CC(C)C)NC1=O)C(=O)N[C@@H](C(C)C)C(=O)N1CCC[C@H]1C(=O)N1CCC[C@H]1C(=O)N[C@@H](CC(=O)O)C(=O)N2. The minimum Gasteiger partial charge on any atom is -0.481 e. The molecule has 22 N–H and O–H groups in total. The van der Waals surface area contributed by atoms with Crippen LogP contribution in [-0.4, -0.2) is 267 Å². The molecule has 2 saturated heterocycles. The molecule has 17 amide bonds. The molecule has 126 heavy (non-hydrogen) atoms. The number of nitrogens with two attached hydrogens (primary N) is 3. The quantitative estimate of drug-likeness (QED) is 0.0404. The van der Waals surface area contributed by atoms with E-state index in [1.807, 2.05) is 0 Å². The molecular weight excluding hydrogens is 1670 g/mol. The molecule has 4 heterocycles. The number of aliphatic hydroxyl groups excluding tert-OH is 1. The number of aliphatic hydroxyl groups is 1. The highest BCUT2D eigenvalue weighted by Gasteiger charge is 2.47. The number of aliphatic imine (C=N–C) groups is 1. The van der Waals surface area contributed by atoms with E-state index in [1.165, 1.54) is 9.80 Å². The van der Waals surface area contributed by atoms with Crippen molar-refractivity contribution in [2.75, 3.05) is 44.2 Å². The highest BCUT2D eigenvalue weighted by atomic mass is 32.2. The number of nitrogens with zero attached hydrogens (tertiary/aromatic N) is 3. The summed E-state index contributed by atoms with van der Waals surface area (Å²) < 4.78 is 0. The number of hydrogen-bond acceptors (Lipinski definition) is 22. The van der Waals surface area contributed by atoms with Gasteiger partial charge in [0.2, 0.25) is 100 Å². The molecule has 0 unspecified atom stereocenters. The molecule has 15 atom stereocenters. The second-order valence-corrected chi connectivity index (χ2v) is 36.1. The molecule has 4 aliphatic rings. The third kappa shape index (κ3) is 33.3. The van der Waals surface area contributed by atoms with Crippen LogP contribution in [0.5, 0.6) is 0 Å². The number of amides is 17. The van der Waals surface area contributed by atoms with Gasteiger partial charge >= 0.3 is 5.97 Å². The van der Waals surface area contributed by atoms with Gasteiger partial charge in [0.1, 0.15) is 84.6 Å². The van der Waals surface area contributed by atoms with Gasteiger partial charge in [-0.1, -0.05) is 124 Å². The van der Waals surface area contributed by atoms with Crippen LogP contribution >= 0.6 is 23.5 Å². The van der Waals surface area contributed by atoms with Gasteiger partial charge in [-0.2, -0.15) is 23.5 Å². The largest absolute Gasteiger partial charge is 0.481 e. The van der Waals surface area contributed by atoms with Gasteiger partial charge in [0.05, 0.1) is 18.9 Å². The van der Waals surface area contributed by atoms with Crippen molar-refractivity contribution in [1.82, 2.24) is 84.2 Å². The van der Waals surface area contributed by atoms with E-state index in [0.29, 0.717) is 16.7 Å².